The zero-order valence-electron chi connectivity index (χ0n) is 10.4. The highest BCUT2D eigenvalue weighted by Gasteiger charge is 2.31. The molecule has 0 amide bonds. The summed E-state index contributed by atoms with van der Waals surface area (Å²) in [4.78, 5) is 0. The Morgan fingerprint density at radius 1 is 1.28 bits per heavy atom. The Morgan fingerprint density at radius 2 is 1.94 bits per heavy atom. The third kappa shape index (κ3) is 3.08. The van der Waals surface area contributed by atoms with Crippen molar-refractivity contribution in [1.82, 2.24) is 5.32 Å². The number of rotatable bonds is 4. The summed E-state index contributed by atoms with van der Waals surface area (Å²) in [5, 5.41) is 21.7. The number of hydrogen-bond donors (Lipinski definition) is 2. The van der Waals surface area contributed by atoms with Crippen LogP contribution in [0.1, 0.15) is 24.0 Å². The van der Waals surface area contributed by atoms with Gasteiger partial charge in [0.05, 0.1) is 18.2 Å². The number of aliphatic hydroxyl groups is 1. The monoisotopic (exact) mass is 246 g/mol. The van der Waals surface area contributed by atoms with Crippen LogP contribution in [0.15, 0.2) is 24.3 Å². The molecule has 1 heterocycles. The number of hydrogen-bond acceptors (Lipinski definition) is 4. The molecule has 4 heteroatoms. The summed E-state index contributed by atoms with van der Waals surface area (Å²) < 4.78 is 5.32. The minimum atomic E-state index is -0.216. The maximum absolute atomic E-state index is 9.54. The average Bonchev–Trinajstić information content (AvgIpc) is 2.47. The highest BCUT2D eigenvalue weighted by molar-refractivity contribution is 5.31. The second-order valence-corrected chi connectivity index (χ2v) is 4.71. The van der Waals surface area contributed by atoms with Crippen molar-refractivity contribution in [2.45, 2.75) is 24.9 Å². The predicted molar refractivity (Wildman–Crippen MR) is 67.9 cm³/mol. The van der Waals surface area contributed by atoms with Crippen molar-refractivity contribution in [3.63, 3.8) is 0 Å². The normalized spacial score (nSPS) is 18.2. The molecule has 0 bridgehead atoms. The fourth-order valence-corrected chi connectivity index (χ4v) is 2.14. The Labute approximate surface area is 107 Å². The molecular formula is C14H18N2O2. The van der Waals surface area contributed by atoms with E-state index in [1.165, 1.54) is 0 Å². The van der Waals surface area contributed by atoms with Gasteiger partial charge in [0.1, 0.15) is 0 Å². The van der Waals surface area contributed by atoms with Crippen LogP contribution in [-0.2, 0) is 11.3 Å². The zero-order chi connectivity index (χ0) is 12.8. The molecule has 0 aromatic heterocycles. The van der Waals surface area contributed by atoms with Gasteiger partial charge in [0.25, 0.3) is 0 Å². The Hall–Kier alpha value is -1.41. The lowest BCUT2D eigenvalue weighted by Crippen LogP contribution is -2.51. The number of nitriles is 1. The van der Waals surface area contributed by atoms with Crippen molar-refractivity contribution < 1.29 is 9.84 Å². The molecule has 1 aromatic rings. The molecule has 96 valence electrons. The second kappa shape index (κ2) is 5.96. The van der Waals surface area contributed by atoms with Gasteiger partial charge in [-0.25, -0.2) is 0 Å². The molecule has 0 aliphatic carbocycles. The fraction of sp³-hybridized carbons (Fsp3) is 0.500. The topological polar surface area (TPSA) is 65.3 Å². The summed E-state index contributed by atoms with van der Waals surface area (Å²) in [6.07, 6.45) is 1.67. The molecule has 0 unspecified atom stereocenters. The molecule has 1 aliphatic heterocycles. The van der Waals surface area contributed by atoms with Gasteiger partial charge in [0, 0.05) is 25.3 Å². The van der Waals surface area contributed by atoms with Gasteiger partial charge in [-0.3, -0.25) is 0 Å². The highest BCUT2D eigenvalue weighted by Crippen LogP contribution is 2.20. The number of nitrogens with one attached hydrogen (secondary N) is 1. The van der Waals surface area contributed by atoms with Crippen molar-refractivity contribution >= 4 is 0 Å². The number of nitrogens with zero attached hydrogens (tertiary/aromatic N) is 1. The minimum absolute atomic E-state index is 0.132. The predicted octanol–water partition coefficient (Wildman–Crippen LogP) is 1.19. The van der Waals surface area contributed by atoms with E-state index in [1.54, 1.807) is 0 Å². The SMILES string of the molecule is N#Cc1ccc(CNC2(CO)CCOCC2)cc1. The van der Waals surface area contributed by atoms with E-state index in [9.17, 15) is 5.11 Å². The number of benzene rings is 1. The molecule has 18 heavy (non-hydrogen) atoms. The van der Waals surface area contributed by atoms with Gasteiger partial charge in [0.15, 0.2) is 0 Å². The third-order valence-electron chi connectivity index (χ3n) is 3.50. The first kappa shape index (κ1) is 13.0. The van der Waals surface area contributed by atoms with Gasteiger partial charge in [-0.2, -0.15) is 5.26 Å². The van der Waals surface area contributed by atoms with E-state index in [-0.39, 0.29) is 12.1 Å². The molecule has 0 spiro atoms. The molecule has 2 rings (SSSR count). The first-order valence-corrected chi connectivity index (χ1v) is 6.21. The molecular weight excluding hydrogens is 228 g/mol. The summed E-state index contributed by atoms with van der Waals surface area (Å²) >= 11 is 0. The van der Waals surface area contributed by atoms with Crippen LogP contribution in [-0.4, -0.2) is 30.5 Å². The van der Waals surface area contributed by atoms with Crippen LogP contribution < -0.4 is 5.32 Å². The largest absolute Gasteiger partial charge is 0.394 e. The third-order valence-corrected chi connectivity index (χ3v) is 3.50. The molecule has 1 fully saturated rings. The van der Waals surface area contributed by atoms with Crippen LogP contribution in [0.3, 0.4) is 0 Å². The van der Waals surface area contributed by atoms with Crippen molar-refractivity contribution in [1.29, 1.82) is 5.26 Å². The molecule has 4 nitrogen and oxygen atoms in total. The summed E-state index contributed by atoms with van der Waals surface area (Å²) in [6.45, 7) is 2.22. The minimum Gasteiger partial charge on any atom is -0.394 e. The van der Waals surface area contributed by atoms with E-state index in [0.29, 0.717) is 25.3 Å². The Kier molecular flexibility index (Phi) is 4.32. The van der Waals surface area contributed by atoms with Gasteiger partial charge in [-0.1, -0.05) is 12.1 Å². The quantitative estimate of drug-likeness (QED) is 0.837. The lowest BCUT2D eigenvalue weighted by Gasteiger charge is -2.36. The van der Waals surface area contributed by atoms with Crippen LogP contribution in [0, 0.1) is 11.3 Å². The van der Waals surface area contributed by atoms with Crippen molar-refractivity contribution in [3.05, 3.63) is 35.4 Å². The van der Waals surface area contributed by atoms with E-state index >= 15 is 0 Å². The van der Waals surface area contributed by atoms with E-state index in [1.807, 2.05) is 24.3 Å². The lowest BCUT2D eigenvalue weighted by atomic mass is 9.90. The maximum Gasteiger partial charge on any atom is 0.0991 e. The zero-order valence-corrected chi connectivity index (χ0v) is 10.4. The smallest absolute Gasteiger partial charge is 0.0991 e. The summed E-state index contributed by atoms with van der Waals surface area (Å²) in [5.41, 5.74) is 1.57. The Balaban J connectivity index is 1.94. The van der Waals surface area contributed by atoms with Gasteiger partial charge in [0.2, 0.25) is 0 Å². The molecule has 0 saturated carbocycles. The summed E-state index contributed by atoms with van der Waals surface area (Å²) in [5.74, 6) is 0. The van der Waals surface area contributed by atoms with E-state index in [2.05, 4.69) is 11.4 Å². The lowest BCUT2D eigenvalue weighted by molar-refractivity contribution is 0.0112. The van der Waals surface area contributed by atoms with E-state index in [0.717, 1.165) is 18.4 Å². The van der Waals surface area contributed by atoms with Gasteiger partial charge in [-0.05, 0) is 30.5 Å². The Bertz CT molecular complexity index is 416. The van der Waals surface area contributed by atoms with E-state index < -0.39 is 0 Å². The average molecular weight is 246 g/mol. The van der Waals surface area contributed by atoms with Crippen LogP contribution in [0.4, 0.5) is 0 Å². The van der Waals surface area contributed by atoms with Gasteiger partial charge < -0.3 is 15.2 Å². The number of aliphatic hydroxyl groups excluding tert-OH is 1. The highest BCUT2D eigenvalue weighted by atomic mass is 16.5. The molecule has 1 saturated heterocycles. The molecule has 2 N–H and O–H groups in total. The van der Waals surface area contributed by atoms with Crippen LogP contribution in [0.2, 0.25) is 0 Å². The molecule has 0 radical (unpaired) electrons. The first-order valence-electron chi connectivity index (χ1n) is 6.21. The van der Waals surface area contributed by atoms with Crippen molar-refractivity contribution in [3.8, 4) is 6.07 Å². The fourth-order valence-electron chi connectivity index (χ4n) is 2.14. The molecule has 1 aliphatic rings. The number of ether oxygens (including phenoxy) is 1. The van der Waals surface area contributed by atoms with E-state index in [4.69, 9.17) is 10.00 Å². The van der Waals surface area contributed by atoms with Crippen molar-refractivity contribution in [2.75, 3.05) is 19.8 Å². The van der Waals surface area contributed by atoms with Gasteiger partial charge in [-0.15, -0.1) is 0 Å². The Morgan fingerprint density at radius 3 is 2.50 bits per heavy atom. The summed E-state index contributed by atoms with van der Waals surface area (Å²) in [7, 11) is 0. The standard InChI is InChI=1S/C14H18N2O2/c15-9-12-1-3-13(4-2-12)10-16-14(11-17)5-7-18-8-6-14/h1-4,16-17H,5-8,10-11H2. The van der Waals surface area contributed by atoms with Crippen LogP contribution in [0.5, 0.6) is 0 Å². The van der Waals surface area contributed by atoms with Crippen LogP contribution >= 0.6 is 0 Å². The molecule has 0 atom stereocenters. The maximum atomic E-state index is 9.54. The first-order chi connectivity index (χ1) is 8.78. The van der Waals surface area contributed by atoms with Crippen LogP contribution in [0.25, 0.3) is 0 Å². The van der Waals surface area contributed by atoms with Crippen molar-refractivity contribution in [2.24, 2.45) is 0 Å². The summed E-state index contributed by atoms with van der Waals surface area (Å²) in [6, 6.07) is 9.61. The second-order valence-electron chi connectivity index (χ2n) is 4.71. The van der Waals surface area contributed by atoms with Gasteiger partial charge >= 0.3 is 0 Å². The molecule has 1 aromatic carbocycles.